The molecule has 1 fully saturated rings. The number of carbonyl (C=O) groups excluding carboxylic acids is 1. The maximum Gasteiger partial charge on any atom is 0.408 e. The van der Waals surface area contributed by atoms with Gasteiger partial charge in [0.05, 0.1) is 12.6 Å². The molecule has 6 heteroatoms. The van der Waals surface area contributed by atoms with Crippen LogP contribution in [0.1, 0.15) is 32.8 Å². The number of likely N-dealkylation sites (tertiary alicyclic amines) is 1. The van der Waals surface area contributed by atoms with Gasteiger partial charge in [0.25, 0.3) is 5.92 Å². The van der Waals surface area contributed by atoms with Crippen molar-refractivity contribution >= 4 is 6.09 Å². The van der Waals surface area contributed by atoms with Crippen LogP contribution in [0.4, 0.5) is 13.6 Å². The highest BCUT2D eigenvalue weighted by Gasteiger charge is 2.45. The Kier molecular flexibility index (Phi) is 5.24. The number of carbonyl (C=O) groups is 1. The number of halogens is 2. The number of alkyl halides is 2. The molecule has 1 aromatic rings. The number of benzene rings is 1. The molecule has 23 heavy (non-hydrogen) atoms. The van der Waals surface area contributed by atoms with Gasteiger partial charge in [0.2, 0.25) is 0 Å². The molecule has 0 aliphatic carbocycles. The molecule has 1 heterocycles. The maximum absolute atomic E-state index is 14.3. The quantitative estimate of drug-likeness (QED) is 0.925. The van der Waals surface area contributed by atoms with Crippen molar-refractivity contribution < 1.29 is 18.3 Å². The molecule has 1 N–H and O–H groups in total. The molecule has 0 bridgehead atoms. The average Bonchev–Trinajstić information content (AvgIpc) is 2.40. The zero-order valence-corrected chi connectivity index (χ0v) is 13.8. The lowest BCUT2D eigenvalue weighted by Crippen LogP contribution is -2.58. The summed E-state index contributed by atoms with van der Waals surface area (Å²) in [6, 6.07) is 8.33. The van der Waals surface area contributed by atoms with Crippen LogP contribution in [-0.2, 0) is 11.3 Å². The summed E-state index contributed by atoms with van der Waals surface area (Å²) in [7, 11) is 0. The molecule has 1 amide bonds. The van der Waals surface area contributed by atoms with Crippen molar-refractivity contribution in [3.05, 3.63) is 35.9 Å². The van der Waals surface area contributed by atoms with Crippen molar-refractivity contribution in [1.29, 1.82) is 0 Å². The van der Waals surface area contributed by atoms with Crippen LogP contribution in [0, 0.1) is 0 Å². The van der Waals surface area contributed by atoms with Gasteiger partial charge >= 0.3 is 6.09 Å². The van der Waals surface area contributed by atoms with Gasteiger partial charge in [-0.3, -0.25) is 4.90 Å². The minimum Gasteiger partial charge on any atom is -0.444 e. The smallest absolute Gasteiger partial charge is 0.408 e. The summed E-state index contributed by atoms with van der Waals surface area (Å²) in [6.07, 6.45) is -0.599. The zero-order chi connectivity index (χ0) is 17.1. The van der Waals surface area contributed by atoms with Crippen molar-refractivity contribution in [3.8, 4) is 0 Å². The van der Waals surface area contributed by atoms with E-state index in [-0.39, 0.29) is 13.0 Å². The van der Waals surface area contributed by atoms with Gasteiger partial charge in [-0.25, -0.2) is 13.6 Å². The standard InChI is InChI=1S/C17H24F2N2O2/c1-16(2,3)23-15(22)20-14-9-10-21(12-17(14,18)19)11-13-7-5-4-6-8-13/h4-8,14H,9-12H2,1-3H3,(H,20,22)/t14-/m1/s1. The van der Waals surface area contributed by atoms with Crippen LogP contribution in [0.2, 0.25) is 0 Å². The first-order chi connectivity index (χ1) is 10.7. The fraction of sp³-hybridized carbons (Fsp3) is 0.588. The Bertz CT molecular complexity index is 529. The second kappa shape index (κ2) is 6.83. The summed E-state index contributed by atoms with van der Waals surface area (Å²) in [5.74, 6) is -2.98. The Morgan fingerprint density at radius 3 is 2.57 bits per heavy atom. The summed E-state index contributed by atoms with van der Waals surface area (Å²) in [6.45, 7) is 5.72. The third kappa shape index (κ3) is 5.46. The molecule has 1 aliphatic heterocycles. The van der Waals surface area contributed by atoms with E-state index < -0.39 is 23.7 Å². The summed E-state index contributed by atoms with van der Waals surface area (Å²) < 4.78 is 33.7. The molecule has 1 aromatic carbocycles. The number of hydrogen-bond donors (Lipinski definition) is 1. The first kappa shape index (κ1) is 17.7. The predicted molar refractivity (Wildman–Crippen MR) is 84.4 cm³/mol. The van der Waals surface area contributed by atoms with Crippen LogP contribution in [0.3, 0.4) is 0 Å². The Labute approximate surface area is 135 Å². The van der Waals surface area contributed by atoms with Gasteiger partial charge < -0.3 is 10.1 Å². The fourth-order valence-corrected chi connectivity index (χ4v) is 2.61. The van der Waals surface area contributed by atoms with Crippen LogP contribution in [0.15, 0.2) is 30.3 Å². The monoisotopic (exact) mass is 326 g/mol. The topological polar surface area (TPSA) is 41.6 Å². The molecule has 0 aromatic heterocycles. The van der Waals surface area contributed by atoms with E-state index in [0.717, 1.165) is 5.56 Å². The van der Waals surface area contributed by atoms with E-state index >= 15 is 0 Å². The molecule has 1 aliphatic rings. The van der Waals surface area contributed by atoms with Crippen LogP contribution in [0.25, 0.3) is 0 Å². The highest BCUT2D eigenvalue weighted by molar-refractivity contribution is 5.68. The molecule has 0 unspecified atom stereocenters. The van der Waals surface area contributed by atoms with Crippen molar-refractivity contribution in [2.24, 2.45) is 0 Å². The van der Waals surface area contributed by atoms with Gasteiger partial charge in [-0.05, 0) is 32.8 Å². The van der Waals surface area contributed by atoms with Gasteiger partial charge in [-0.1, -0.05) is 30.3 Å². The van der Waals surface area contributed by atoms with E-state index in [9.17, 15) is 13.6 Å². The number of hydrogen-bond acceptors (Lipinski definition) is 3. The molecule has 128 valence electrons. The molecule has 1 saturated heterocycles. The number of alkyl carbamates (subject to hydrolysis) is 1. The fourth-order valence-electron chi connectivity index (χ4n) is 2.61. The molecular weight excluding hydrogens is 302 g/mol. The lowest BCUT2D eigenvalue weighted by atomic mass is 10.0. The predicted octanol–water partition coefficient (Wildman–Crippen LogP) is 3.42. The molecule has 4 nitrogen and oxygen atoms in total. The highest BCUT2D eigenvalue weighted by Crippen LogP contribution is 2.28. The van der Waals surface area contributed by atoms with Gasteiger partial charge in [0.1, 0.15) is 5.60 Å². The number of nitrogens with zero attached hydrogens (tertiary/aromatic N) is 1. The first-order valence-corrected chi connectivity index (χ1v) is 7.79. The summed E-state index contributed by atoms with van der Waals surface area (Å²) in [5.41, 5.74) is 0.301. The Balaban J connectivity index is 1.91. The Morgan fingerprint density at radius 2 is 2.00 bits per heavy atom. The molecule has 1 atom stereocenters. The minimum atomic E-state index is -2.98. The molecule has 2 rings (SSSR count). The van der Waals surface area contributed by atoms with Crippen LogP contribution < -0.4 is 5.32 Å². The summed E-state index contributed by atoms with van der Waals surface area (Å²) in [4.78, 5) is 13.4. The van der Waals surface area contributed by atoms with Gasteiger partial charge in [0, 0.05) is 13.1 Å². The van der Waals surface area contributed by atoms with Crippen LogP contribution in [-0.4, -0.2) is 41.6 Å². The Morgan fingerprint density at radius 1 is 1.35 bits per heavy atom. The van der Waals surface area contributed by atoms with Crippen LogP contribution >= 0.6 is 0 Å². The van der Waals surface area contributed by atoms with E-state index in [0.29, 0.717) is 13.1 Å². The van der Waals surface area contributed by atoms with E-state index in [1.54, 1.807) is 25.7 Å². The van der Waals surface area contributed by atoms with Gasteiger partial charge in [0.15, 0.2) is 0 Å². The first-order valence-electron chi connectivity index (χ1n) is 7.79. The van der Waals surface area contributed by atoms with Crippen molar-refractivity contribution in [2.45, 2.75) is 51.3 Å². The number of ether oxygens (including phenoxy) is 1. The second-order valence-electron chi connectivity index (χ2n) is 6.94. The summed E-state index contributed by atoms with van der Waals surface area (Å²) >= 11 is 0. The number of piperidine rings is 1. The zero-order valence-electron chi connectivity index (χ0n) is 13.8. The largest absolute Gasteiger partial charge is 0.444 e. The SMILES string of the molecule is CC(C)(C)OC(=O)N[C@@H]1CCN(Cc2ccccc2)CC1(F)F. The lowest BCUT2D eigenvalue weighted by Gasteiger charge is -2.38. The maximum atomic E-state index is 14.3. The van der Waals surface area contributed by atoms with Gasteiger partial charge in [-0.15, -0.1) is 0 Å². The number of rotatable bonds is 3. The third-order valence-corrected chi connectivity index (χ3v) is 3.62. The van der Waals surface area contributed by atoms with Crippen molar-refractivity contribution in [3.63, 3.8) is 0 Å². The normalized spacial score (nSPS) is 21.7. The van der Waals surface area contributed by atoms with E-state index in [2.05, 4.69) is 5.32 Å². The third-order valence-electron chi connectivity index (χ3n) is 3.62. The van der Waals surface area contributed by atoms with E-state index in [1.165, 1.54) is 0 Å². The molecular formula is C17H24F2N2O2. The minimum absolute atomic E-state index is 0.194. The van der Waals surface area contributed by atoms with Crippen molar-refractivity contribution in [1.82, 2.24) is 10.2 Å². The average molecular weight is 326 g/mol. The van der Waals surface area contributed by atoms with Crippen molar-refractivity contribution in [2.75, 3.05) is 13.1 Å². The van der Waals surface area contributed by atoms with Crippen LogP contribution in [0.5, 0.6) is 0 Å². The second-order valence-corrected chi connectivity index (χ2v) is 6.94. The Hall–Kier alpha value is -1.69. The van der Waals surface area contributed by atoms with E-state index in [1.807, 2.05) is 30.3 Å². The number of amides is 1. The van der Waals surface area contributed by atoms with E-state index in [4.69, 9.17) is 4.74 Å². The molecule has 0 saturated carbocycles. The lowest BCUT2D eigenvalue weighted by molar-refractivity contribution is -0.0924. The van der Waals surface area contributed by atoms with Gasteiger partial charge in [-0.2, -0.15) is 0 Å². The molecule has 0 spiro atoms. The number of nitrogens with one attached hydrogen (secondary N) is 1. The highest BCUT2D eigenvalue weighted by atomic mass is 19.3. The molecule has 0 radical (unpaired) electrons. The summed E-state index contributed by atoms with van der Waals surface area (Å²) in [5, 5.41) is 2.31.